The van der Waals surface area contributed by atoms with E-state index >= 15 is 0 Å². The lowest BCUT2D eigenvalue weighted by atomic mass is 10.2. The number of rotatable bonds is 5. The van der Waals surface area contributed by atoms with Crippen molar-refractivity contribution >= 4 is 17.0 Å². The lowest BCUT2D eigenvalue weighted by Gasteiger charge is -2.14. The van der Waals surface area contributed by atoms with E-state index in [1.165, 1.54) is 4.88 Å². The van der Waals surface area contributed by atoms with Crippen LogP contribution in [-0.2, 0) is 0 Å². The molecule has 1 unspecified atom stereocenters. The molecule has 0 fully saturated rings. The Labute approximate surface area is 111 Å². The summed E-state index contributed by atoms with van der Waals surface area (Å²) < 4.78 is 5.27. The van der Waals surface area contributed by atoms with Crippen LogP contribution in [0.5, 0.6) is 5.75 Å². The zero-order valence-electron chi connectivity index (χ0n) is 10.1. The van der Waals surface area contributed by atoms with Crippen LogP contribution in [0.1, 0.15) is 17.8 Å². The molecule has 0 bridgehead atoms. The molecule has 1 aromatic heterocycles. The standard InChI is InChI=1S/C14H14N2OS/c1-11(14-6-3-9-18-14)16-12-4-2-5-13(10-12)17-8-7-15/h2-6,9-11,16H,8H2,1H3. The minimum atomic E-state index is 0.0733. The summed E-state index contributed by atoms with van der Waals surface area (Å²) in [6.45, 7) is 2.19. The van der Waals surface area contributed by atoms with Gasteiger partial charge in [-0.3, -0.25) is 0 Å². The minimum absolute atomic E-state index is 0.0733. The maximum Gasteiger partial charge on any atom is 0.174 e. The highest BCUT2D eigenvalue weighted by atomic mass is 32.1. The van der Waals surface area contributed by atoms with Crippen LogP contribution in [0.25, 0.3) is 0 Å². The summed E-state index contributed by atoms with van der Waals surface area (Å²) in [6.07, 6.45) is 0. The van der Waals surface area contributed by atoms with Crippen LogP contribution in [0.4, 0.5) is 5.69 Å². The van der Waals surface area contributed by atoms with Crippen molar-refractivity contribution in [2.45, 2.75) is 13.0 Å². The van der Waals surface area contributed by atoms with Crippen LogP contribution in [0.2, 0.25) is 0 Å². The largest absolute Gasteiger partial charge is 0.479 e. The Morgan fingerprint density at radius 2 is 2.28 bits per heavy atom. The van der Waals surface area contributed by atoms with Gasteiger partial charge >= 0.3 is 0 Å². The summed E-state index contributed by atoms with van der Waals surface area (Å²) in [6, 6.07) is 14.0. The first kappa shape index (κ1) is 12.5. The molecule has 0 aliphatic carbocycles. The number of hydrogen-bond acceptors (Lipinski definition) is 4. The molecule has 4 heteroatoms. The van der Waals surface area contributed by atoms with Crippen LogP contribution in [-0.4, -0.2) is 6.61 Å². The summed E-state index contributed by atoms with van der Waals surface area (Å²) in [4.78, 5) is 1.29. The van der Waals surface area contributed by atoms with Gasteiger partial charge in [0.1, 0.15) is 11.8 Å². The zero-order chi connectivity index (χ0) is 12.8. The molecule has 1 atom stereocenters. The van der Waals surface area contributed by atoms with Crippen molar-refractivity contribution in [1.82, 2.24) is 0 Å². The summed E-state index contributed by atoms with van der Waals surface area (Å²) >= 11 is 1.73. The summed E-state index contributed by atoms with van der Waals surface area (Å²) in [5, 5.41) is 14.0. The molecule has 0 saturated heterocycles. The number of hydrogen-bond donors (Lipinski definition) is 1. The first-order chi connectivity index (χ1) is 8.79. The van der Waals surface area contributed by atoms with E-state index in [2.05, 4.69) is 23.7 Å². The fourth-order valence-electron chi connectivity index (χ4n) is 1.65. The van der Waals surface area contributed by atoms with Gasteiger partial charge in [-0.05, 0) is 30.5 Å². The molecule has 0 radical (unpaired) electrons. The molecule has 1 heterocycles. The Morgan fingerprint density at radius 1 is 1.39 bits per heavy atom. The Bertz CT molecular complexity index is 531. The van der Waals surface area contributed by atoms with Crippen molar-refractivity contribution in [2.24, 2.45) is 0 Å². The Morgan fingerprint density at radius 3 is 3.00 bits per heavy atom. The Balaban J connectivity index is 2.03. The van der Waals surface area contributed by atoms with Crippen molar-refractivity contribution in [1.29, 1.82) is 5.26 Å². The van der Waals surface area contributed by atoms with Gasteiger partial charge in [0, 0.05) is 16.6 Å². The fraction of sp³-hybridized carbons (Fsp3) is 0.214. The number of nitrogens with one attached hydrogen (secondary N) is 1. The SMILES string of the molecule is CC(Nc1cccc(OCC#N)c1)c1cccs1. The quantitative estimate of drug-likeness (QED) is 0.886. The molecule has 92 valence electrons. The van der Waals surface area contributed by atoms with Gasteiger partial charge in [0.25, 0.3) is 0 Å². The first-order valence-electron chi connectivity index (χ1n) is 5.69. The van der Waals surface area contributed by atoms with E-state index < -0.39 is 0 Å². The van der Waals surface area contributed by atoms with Gasteiger partial charge in [0.05, 0.1) is 6.04 Å². The van der Waals surface area contributed by atoms with Crippen molar-refractivity contribution in [3.8, 4) is 11.8 Å². The molecule has 3 nitrogen and oxygen atoms in total. The van der Waals surface area contributed by atoms with Gasteiger partial charge < -0.3 is 10.1 Å². The highest BCUT2D eigenvalue weighted by molar-refractivity contribution is 7.10. The second kappa shape index (κ2) is 6.08. The molecular formula is C14H14N2OS. The van der Waals surface area contributed by atoms with Crippen molar-refractivity contribution < 1.29 is 4.74 Å². The van der Waals surface area contributed by atoms with Gasteiger partial charge in [-0.1, -0.05) is 12.1 Å². The van der Waals surface area contributed by atoms with Crippen LogP contribution in [0, 0.1) is 11.3 Å². The van der Waals surface area contributed by atoms with Crippen LogP contribution in [0.3, 0.4) is 0 Å². The minimum Gasteiger partial charge on any atom is -0.479 e. The number of thiophene rings is 1. The molecule has 1 N–H and O–H groups in total. The molecule has 2 aromatic rings. The maximum absolute atomic E-state index is 8.48. The first-order valence-corrected chi connectivity index (χ1v) is 6.57. The van der Waals surface area contributed by atoms with E-state index in [-0.39, 0.29) is 12.6 Å². The number of ether oxygens (including phenoxy) is 1. The van der Waals surface area contributed by atoms with Gasteiger partial charge in [-0.25, -0.2) is 0 Å². The van der Waals surface area contributed by atoms with Crippen molar-refractivity contribution in [2.75, 3.05) is 11.9 Å². The van der Waals surface area contributed by atoms with E-state index in [1.54, 1.807) is 11.3 Å². The fourth-order valence-corrected chi connectivity index (χ4v) is 2.38. The zero-order valence-corrected chi connectivity index (χ0v) is 10.9. The lowest BCUT2D eigenvalue weighted by molar-refractivity contribution is 0.368. The molecule has 0 amide bonds. The summed E-state index contributed by atoms with van der Waals surface area (Å²) in [7, 11) is 0. The molecule has 0 spiro atoms. The second-order valence-corrected chi connectivity index (χ2v) is 4.84. The van der Waals surface area contributed by atoms with Crippen LogP contribution in [0.15, 0.2) is 41.8 Å². The highest BCUT2D eigenvalue weighted by Gasteiger charge is 2.06. The van der Waals surface area contributed by atoms with Gasteiger partial charge in [-0.2, -0.15) is 5.26 Å². The number of benzene rings is 1. The summed E-state index contributed by atoms with van der Waals surface area (Å²) in [5.41, 5.74) is 0.992. The van der Waals surface area contributed by atoms with E-state index in [4.69, 9.17) is 10.00 Å². The second-order valence-electron chi connectivity index (χ2n) is 3.86. The lowest BCUT2D eigenvalue weighted by Crippen LogP contribution is -2.05. The maximum atomic E-state index is 8.48. The van der Waals surface area contributed by atoms with Gasteiger partial charge in [0.2, 0.25) is 0 Å². The average Bonchev–Trinajstić information content (AvgIpc) is 2.91. The number of anilines is 1. The Hall–Kier alpha value is -1.99. The third-order valence-corrected chi connectivity index (χ3v) is 3.55. The van der Waals surface area contributed by atoms with E-state index in [0.29, 0.717) is 5.75 Å². The van der Waals surface area contributed by atoms with Gasteiger partial charge in [0.15, 0.2) is 6.61 Å². The Kier molecular flexibility index (Phi) is 4.21. The third-order valence-electron chi connectivity index (χ3n) is 2.49. The predicted molar refractivity (Wildman–Crippen MR) is 73.9 cm³/mol. The smallest absolute Gasteiger partial charge is 0.174 e. The third kappa shape index (κ3) is 3.25. The van der Waals surface area contributed by atoms with Crippen LogP contribution < -0.4 is 10.1 Å². The monoisotopic (exact) mass is 258 g/mol. The predicted octanol–water partition coefficient (Wildman–Crippen LogP) is 3.82. The molecule has 1 aromatic carbocycles. The normalized spacial score (nSPS) is 11.6. The topological polar surface area (TPSA) is 45.0 Å². The van der Waals surface area contributed by atoms with Crippen molar-refractivity contribution in [3.63, 3.8) is 0 Å². The highest BCUT2D eigenvalue weighted by Crippen LogP contribution is 2.25. The summed E-state index contributed by atoms with van der Waals surface area (Å²) in [5.74, 6) is 0.708. The van der Waals surface area contributed by atoms with E-state index in [0.717, 1.165) is 5.69 Å². The van der Waals surface area contributed by atoms with Crippen LogP contribution >= 0.6 is 11.3 Å². The van der Waals surface area contributed by atoms with Gasteiger partial charge in [-0.15, -0.1) is 11.3 Å². The molecule has 0 saturated carbocycles. The van der Waals surface area contributed by atoms with E-state index in [9.17, 15) is 0 Å². The molecule has 0 aliphatic heterocycles. The number of nitriles is 1. The van der Waals surface area contributed by atoms with E-state index in [1.807, 2.05) is 36.4 Å². The molecule has 18 heavy (non-hydrogen) atoms. The molecule has 0 aliphatic rings. The average molecular weight is 258 g/mol. The molecular weight excluding hydrogens is 244 g/mol. The molecule has 2 rings (SSSR count). The number of nitrogens with zero attached hydrogens (tertiary/aromatic N) is 1. The van der Waals surface area contributed by atoms with Crippen molar-refractivity contribution in [3.05, 3.63) is 46.7 Å².